The van der Waals surface area contributed by atoms with Crippen LogP contribution in [0.4, 0.5) is 0 Å². The Bertz CT molecular complexity index is 846. The van der Waals surface area contributed by atoms with Gasteiger partial charge in [0, 0.05) is 6.21 Å². The zero-order chi connectivity index (χ0) is 17.6. The summed E-state index contributed by atoms with van der Waals surface area (Å²) >= 11 is 0. The standard InChI is InChI=1S/C21H21N3O2/c1-3-7-17(8-4-1)15-25-21-19(11-13-22-21)20-12-14-23-24(20)26-16-18-9-5-2-6-10-18/h1-10,12-14,19,21H,11,15-16H2. The molecule has 1 aliphatic heterocycles. The van der Waals surface area contributed by atoms with Crippen molar-refractivity contribution in [2.45, 2.75) is 31.8 Å². The summed E-state index contributed by atoms with van der Waals surface area (Å²) < 4.78 is 6.05. The van der Waals surface area contributed by atoms with Crippen LogP contribution in [0.15, 0.2) is 77.9 Å². The van der Waals surface area contributed by atoms with Crippen molar-refractivity contribution in [2.24, 2.45) is 4.99 Å². The summed E-state index contributed by atoms with van der Waals surface area (Å²) in [5.74, 6) is 0.108. The van der Waals surface area contributed by atoms with Gasteiger partial charge in [0.25, 0.3) is 0 Å². The van der Waals surface area contributed by atoms with Gasteiger partial charge in [-0.25, -0.2) is 0 Å². The Morgan fingerprint density at radius 3 is 2.31 bits per heavy atom. The molecule has 5 nitrogen and oxygen atoms in total. The van der Waals surface area contributed by atoms with Crippen LogP contribution < -0.4 is 4.84 Å². The average Bonchev–Trinajstić information content (AvgIpc) is 3.35. The van der Waals surface area contributed by atoms with Crippen LogP contribution >= 0.6 is 0 Å². The van der Waals surface area contributed by atoms with Crippen LogP contribution in [-0.2, 0) is 18.0 Å². The van der Waals surface area contributed by atoms with Gasteiger partial charge in [-0.05, 0) is 23.6 Å². The van der Waals surface area contributed by atoms with Gasteiger partial charge in [-0.2, -0.15) is 0 Å². The van der Waals surface area contributed by atoms with Gasteiger partial charge >= 0.3 is 0 Å². The lowest BCUT2D eigenvalue weighted by atomic mass is 10.0. The molecule has 1 aliphatic rings. The van der Waals surface area contributed by atoms with Gasteiger partial charge in [-0.1, -0.05) is 60.7 Å². The van der Waals surface area contributed by atoms with Crippen LogP contribution in [0.5, 0.6) is 0 Å². The molecular formula is C21H21N3O2. The van der Waals surface area contributed by atoms with Crippen molar-refractivity contribution in [2.75, 3.05) is 0 Å². The van der Waals surface area contributed by atoms with Crippen LogP contribution in [0.25, 0.3) is 0 Å². The van der Waals surface area contributed by atoms with E-state index in [9.17, 15) is 0 Å². The van der Waals surface area contributed by atoms with Gasteiger partial charge in [0.15, 0.2) is 6.23 Å². The van der Waals surface area contributed by atoms with Crippen molar-refractivity contribution in [1.29, 1.82) is 0 Å². The zero-order valence-electron chi connectivity index (χ0n) is 14.4. The Hall–Kier alpha value is -2.92. The summed E-state index contributed by atoms with van der Waals surface area (Å²) in [6, 6.07) is 22.2. The lowest BCUT2D eigenvalue weighted by Crippen LogP contribution is -2.23. The topological polar surface area (TPSA) is 48.6 Å². The molecule has 26 heavy (non-hydrogen) atoms. The molecule has 0 saturated carbocycles. The second kappa shape index (κ2) is 7.97. The summed E-state index contributed by atoms with van der Waals surface area (Å²) in [6.07, 6.45) is 4.28. The summed E-state index contributed by atoms with van der Waals surface area (Å²) in [6.45, 7) is 1.01. The van der Waals surface area contributed by atoms with Crippen LogP contribution in [0, 0.1) is 0 Å². The van der Waals surface area contributed by atoms with E-state index in [1.54, 1.807) is 11.0 Å². The molecule has 2 atom stereocenters. The minimum absolute atomic E-state index is 0.108. The highest BCUT2D eigenvalue weighted by atomic mass is 16.7. The van der Waals surface area contributed by atoms with Crippen molar-refractivity contribution in [3.63, 3.8) is 0 Å². The van der Waals surface area contributed by atoms with Gasteiger partial charge in [-0.15, -0.1) is 9.94 Å². The first-order valence-corrected chi connectivity index (χ1v) is 8.78. The molecule has 132 valence electrons. The van der Waals surface area contributed by atoms with E-state index < -0.39 is 0 Å². The molecule has 2 heterocycles. The Kier molecular flexibility index (Phi) is 5.07. The Labute approximate surface area is 152 Å². The lowest BCUT2D eigenvalue weighted by molar-refractivity contribution is 0.0192. The molecule has 5 heteroatoms. The predicted octanol–water partition coefficient (Wildman–Crippen LogP) is 3.61. The van der Waals surface area contributed by atoms with Crippen LogP contribution in [0.1, 0.15) is 29.2 Å². The molecule has 0 bridgehead atoms. The third kappa shape index (κ3) is 3.83. The van der Waals surface area contributed by atoms with Gasteiger partial charge in [0.1, 0.15) is 6.61 Å². The molecule has 2 aromatic carbocycles. The van der Waals surface area contributed by atoms with Gasteiger partial charge in [0.05, 0.1) is 24.4 Å². The summed E-state index contributed by atoms with van der Waals surface area (Å²) in [5.41, 5.74) is 3.23. The van der Waals surface area contributed by atoms with E-state index in [1.165, 1.54) is 0 Å². The van der Waals surface area contributed by atoms with E-state index in [2.05, 4.69) is 22.2 Å². The van der Waals surface area contributed by atoms with E-state index in [4.69, 9.17) is 9.57 Å². The molecule has 0 aliphatic carbocycles. The number of aromatic nitrogens is 2. The highest BCUT2D eigenvalue weighted by Gasteiger charge is 2.30. The average molecular weight is 347 g/mol. The molecule has 0 spiro atoms. The molecule has 4 rings (SSSR count). The summed E-state index contributed by atoms with van der Waals surface area (Å²) in [5, 5.41) is 4.31. The lowest BCUT2D eigenvalue weighted by Gasteiger charge is -2.20. The SMILES string of the molecule is C1=NC(OCc2ccccc2)C(c2ccnn2OCc2ccccc2)C1. The smallest absolute Gasteiger partial charge is 0.157 e. The fourth-order valence-electron chi connectivity index (χ4n) is 3.06. The maximum atomic E-state index is 6.05. The fourth-order valence-corrected chi connectivity index (χ4v) is 3.06. The van der Waals surface area contributed by atoms with E-state index in [0.29, 0.717) is 13.2 Å². The number of rotatable bonds is 7. The monoisotopic (exact) mass is 347 g/mol. The van der Waals surface area contributed by atoms with Crippen molar-refractivity contribution in [3.05, 3.63) is 89.7 Å². The maximum absolute atomic E-state index is 6.05. The quantitative estimate of drug-likeness (QED) is 0.656. The van der Waals surface area contributed by atoms with E-state index in [0.717, 1.165) is 23.2 Å². The predicted molar refractivity (Wildman–Crippen MR) is 99.8 cm³/mol. The van der Waals surface area contributed by atoms with E-state index in [1.807, 2.05) is 60.8 Å². The highest BCUT2D eigenvalue weighted by molar-refractivity contribution is 5.62. The third-order valence-electron chi connectivity index (χ3n) is 4.43. The van der Waals surface area contributed by atoms with E-state index in [-0.39, 0.29) is 12.1 Å². The Balaban J connectivity index is 1.41. The number of ether oxygens (including phenoxy) is 1. The third-order valence-corrected chi connectivity index (χ3v) is 4.43. The molecule has 0 radical (unpaired) electrons. The molecule has 0 N–H and O–H groups in total. The number of nitrogens with zero attached hydrogens (tertiary/aromatic N) is 3. The number of hydrogen-bond donors (Lipinski definition) is 0. The van der Waals surface area contributed by atoms with E-state index >= 15 is 0 Å². The fraction of sp³-hybridized carbons (Fsp3) is 0.238. The normalized spacial score (nSPS) is 18.9. The van der Waals surface area contributed by atoms with Crippen LogP contribution in [0.3, 0.4) is 0 Å². The van der Waals surface area contributed by atoms with Crippen molar-refractivity contribution in [1.82, 2.24) is 9.94 Å². The van der Waals surface area contributed by atoms with Crippen molar-refractivity contribution in [3.8, 4) is 0 Å². The second-order valence-corrected chi connectivity index (χ2v) is 6.25. The summed E-state index contributed by atoms with van der Waals surface area (Å²) in [4.78, 5) is 12.0. The molecule has 0 fully saturated rings. The van der Waals surface area contributed by atoms with Gasteiger partial charge in [0.2, 0.25) is 0 Å². The maximum Gasteiger partial charge on any atom is 0.157 e. The van der Waals surface area contributed by atoms with Crippen LogP contribution in [-0.4, -0.2) is 22.4 Å². The van der Waals surface area contributed by atoms with Crippen LogP contribution in [0.2, 0.25) is 0 Å². The highest BCUT2D eigenvalue weighted by Crippen LogP contribution is 2.30. The largest absolute Gasteiger partial charge is 0.392 e. The van der Waals surface area contributed by atoms with Gasteiger partial charge < -0.3 is 9.57 Å². The zero-order valence-corrected chi connectivity index (χ0v) is 14.4. The summed E-state index contributed by atoms with van der Waals surface area (Å²) in [7, 11) is 0. The van der Waals surface area contributed by atoms with Crippen molar-refractivity contribution < 1.29 is 9.57 Å². The van der Waals surface area contributed by atoms with Gasteiger partial charge in [-0.3, -0.25) is 4.99 Å². The first-order valence-electron chi connectivity index (χ1n) is 8.78. The Morgan fingerprint density at radius 2 is 1.58 bits per heavy atom. The number of hydrogen-bond acceptors (Lipinski definition) is 4. The molecule has 0 saturated heterocycles. The molecule has 0 amide bonds. The van der Waals surface area contributed by atoms with Crippen molar-refractivity contribution >= 4 is 6.21 Å². The molecule has 2 unspecified atom stereocenters. The molecule has 1 aromatic heterocycles. The number of aliphatic imine (C=N–C) groups is 1. The minimum Gasteiger partial charge on any atom is -0.392 e. The second-order valence-electron chi connectivity index (χ2n) is 6.25. The molecule has 3 aromatic rings. The first kappa shape index (κ1) is 16.5. The minimum atomic E-state index is -0.217. The number of benzene rings is 2. The Morgan fingerprint density at radius 1 is 0.885 bits per heavy atom. The molecular weight excluding hydrogens is 326 g/mol. The first-order chi connectivity index (χ1) is 12.9.